The second-order valence-electron chi connectivity index (χ2n) is 16.2. The summed E-state index contributed by atoms with van der Waals surface area (Å²) in [6.45, 7) is 8.95. The van der Waals surface area contributed by atoms with Crippen LogP contribution < -0.4 is 0 Å². The lowest BCUT2D eigenvalue weighted by Gasteiger charge is -2.23. The van der Waals surface area contributed by atoms with Gasteiger partial charge in [0.05, 0.1) is 11.6 Å². The maximum Gasteiger partial charge on any atom is 0.164 e. The first-order valence-electron chi connectivity index (χ1n) is 19.3. The molecule has 0 saturated heterocycles. The third-order valence-electron chi connectivity index (χ3n) is 12.0. The summed E-state index contributed by atoms with van der Waals surface area (Å²) in [5.74, 6) is 2.09. The summed E-state index contributed by atoms with van der Waals surface area (Å²) in [6.07, 6.45) is 0. The average molecular weight is 735 g/mol. The molecular formula is C52H38N4O. The predicted octanol–water partition coefficient (Wildman–Crippen LogP) is 12.4. The van der Waals surface area contributed by atoms with Crippen molar-refractivity contribution in [2.75, 3.05) is 0 Å². The third kappa shape index (κ3) is 5.56. The summed E-state index contributed by atoms with van der Waals surface area (Å²) in [7, 11) is 0. The molecule has 0 fully saturated rings. The van der Waals surface area contributed by atoms with Crippen molar-refractivity contribution in [1.82, 2.24) is 15.0 Å². The third-order valence-corrected chi connectivity index (χ3v) is 12.0. The van der Waals surface area contributed by atoms with Crippen molar-refractivity contribution in [3.05, 3.63) is 179 Å². The molecule has 0 amide bonds. The normalized spacial score (nSPS) is 13.9. The summed E-state index contributed by atoms with van der Waals surface area (Å²) >= 11 is 0. The van der Waals surface area contributed by atoms with Gasteiger partial charge in [-0.15, -0.1) is 0 Å². The summed E-state index contributed by atoms with van der Waals surface area (Å²) in [5.41, 5.74) is 16.5. The monoisotopic (exact) mass is 734 g/mol. The Hall–Kier alpha value is -7.16. The van der Waals surface area contributed by atoms with Crippen LogP contribution in [0.2, 0.25) is 0 Å². The minimum Gasteiger partial charge on any atom is -0.508 e. The molecule has 57 heavy (non-hydrogen) atoms. The van der Waals surface area contributed by atoms with Gasteiger partial charge in [-0.1, -0.05) is 125 Å². The van der Waals surface area contributed by atoms with Gasteiger partial charge in [0.25, 0.3) is 0 Å². The van der Waals surface area contributed by atoms with Crippen LogP contribution in [0.4, 0.5) is 0 Å². The highest BCUT2D eigenvalue weighted by Gasteiger charge is 2.37. The van der Waals surface area contributed by atoms with Crippen LogP contribution >= 0.6 is 0 Å². The van der Waals surface area contributed by atoms with Crippen molar-refractivity contribution in [2.45, 2.75) is 38.5 Å². The smallest absolute Gasteiger partial charge is 0.164 e. The van der Waals surface area contributed by atoms with Gasteiger partial charge < -0.3 is 5.11 Å². The van der Waals surface area contributed by atoms with E-state index in [0.29, 0.717) is 23.0 Å². The second kappa shape index (κ2) is 12.7. The van der Waals surface area contributed by atoms with Gasteiger partial charge in [0.15, 0.2) is 17.5 Å². The quantitative estimate of drug-likeness (QED) is 0.190. The number of hydrogen-bond donors (Lipinski definition) is 1. The molecule has 7 aromatic carbocycles. The van der Waals surface area contributed by atoms with Gasteiger partial charge in [-0.25, -0.2) is 15.0 Å². The summed E-state index contributed by atoms with van der Waals surface area (Å²) in [4.78, 5) is 15.2. The minimum absolute atomic E-state index is 0.278. The highest BCUT2D eigenvalue weighted by Crippen LogP contribution is 2.52. The molecule has 0 spiro atoms. The van der Waals surface area contributed by atoms with Gasteiger partial charge in [-0.05, 0) is 121 Å². The Morgan fingerprint density at radius 1 is 0.404 bits per heavy atom. The van der Waals surface area contributed by atoms with Crippen molar-refractivity contribution < 1.29 is 5.11 Å². The van der Waals surface area contributed by atoms with Gasteiger partial charge >= 0.3 is 0 Å². The van der Waals surface area contributed by atoms with Crippen LogP contribution in [-0.2, 0) is 10.8 Å². The average Bonchev–Trinajstić information content (AvgIpc) is 3.61. The van der Waals surface area contributed by atoms with Crippen LogP contribution in [0.3, 0.4) is 0 Å². The number of benzene rings is 7. The number of phenols is 1. The van der Waals surface area contributed by atoms with Gasteiger partial charge in [-0.2, -0.15) is 5.26 Å². The number of aromatic hydroxyl groups is 1. The van der Waals surface area contributed by atoms with Crippen molar-refractivity contribution >= 4 is 0 Å². The molecule has 8 aromatic rings. The Kier molecular flexibility index (Phi) is 7.65. The van der Waals surface area contributed by atoms with E-state index in [4.69, 9.17) is 15.0 Å². The molecule has 0 radical (unpaired) electrons. The highest BCUT2D eigenvalue weighted by atomic mass is 16.3. The molecule has 2 aliphatic rings. The number of hydrogen-bond acceptors (Lipinski definition) is 5. The molecular weight excluding hydrogens is 697 g/mol. The van der Waals surface area contributed by atoms with Gasteiger partial charge in [-0.3, -0.25) is 0 Å². The van der Waals surface area contributed by atoms with Crippen LogP contribution in [-0.4, -0.2) is 20.1 Å². The van der Waals surface area contributed by atoms with Gasteiger partial charge in [0, 0.05) is 27.5 Å². The fourth-order valence-corrected chi connectivity index (χ4v) is 8.92. The highest BCUT2D eigenvalue weighted by molar-refractivity contribution is 5.88. The summed E-state index contributed by atoms with van der Waals surface area (Å²) in [5, 5.41) is 20.2. The molecule has 1 N–H and O–H groups in total. The molecule has 0 atom stereocenters. The van der Waals surface area contributed by atoms with Crippen LogP contribution in [0.25, 0.3) is 78.7 Å². The first kappa shape index (κ1) is 34.3. The predicted molar refractivity (Wildman–Crippen MR) is 229 cm³/mol. The van der Waals surface area contributed by atoms with E-state index in [0.717, 1.165) is 50.1 Å². The number of aromatic nitrogens is 3. The molecule has 0 aliphatic heterocycles. The molecule has 0 bridgehead atoms. The minimum atomic E-state index is -0.296. The molecule has 1 aromatic heterocycles. The van der Waals surface area contributed by atoms with E-state index >= 15 is 0 Å². The standard InChI is InChI=1S/C52H38N4O/c1-51(2)44-23-31(30-53)15-19-40(44)41-20-16-34(27-45(41)51)36-24-37(35-17-21-42-43-22-18-39(57)29-47(43)52(3,4)46(42)28-35)26-38(25-36)50-55-48(32-11-7-5-8-12-32)54-49(56-50)33-13-9-6-10-14-33/h5-29,57H,1-4H3. The Morgan fingerprint density at radius 3 is 1.30 bits per heavy atom. The first-order chi connectivity index (χ1) is 27.6. The maximum absolute atomic E-state index is 10.4. The number of rotatable bonds is 5. The fraction of sp³-hybridized carbons (Fsp3) is 0.115. The lowest BCUT2D eigenvalue weighted by atomic mass is 9.80. The van der Waals surface area contributed by atoms with Crippen LogP contribution in [0.1, 0.15) is 55.5 Å². The van der Waals surface area contributed by atoms with E-state index in [9.17, 15) is 10.4 Å². The van der Waals surface area contributed by atoms with E-state index in [-0.39, 0.29) is 16.6 Å². The fourth-order valence-electron chi connectivity index (χ4n) is 8.92. The van der Waals surface area contributed by atoms with E-state index in [1.807, 2.05) is 84.9 Å². The SMILES string of the molecule is CC1(C)c2cc(O)ccc2-c2ccc(-c3cc(-c4ccc5c(c4)C(C)(C)c4cc(C#N)ccc4-5)cc(-c4nc(-c5ccccc5)nc(-c5ccccc5)n4)c3)cc21. The largest absolute Gasteiger partial charge is 0.508 e. The lowest BCUT2D eigenvalue weighted by Crippen LogP contribution is -2.15. The molecule has 2 aliphatic carbocycles. The van der Waals surface area contributed by atoms with E-state index < -0.39 is 0 Å². The van der Waals surface area contributed by atoms with Crippen LogP contribution in [0.5, 0.6) is 5.75 Å². The van der Waals surface area contributed by atoms with E-state index in [2.05, 4.69) is 94.4 Å². The zero-order valence-corrected chi connectivity index (χ0v) is 32.2. The van der Waals surface area contributed by atoms with Gasteiger partial charge in [0.1, 0.15) is 5.75 Å². The molecule has 0 unspecified atom stereocenters. The zero-order chi connectivity index (χ0) is 39.1. The Labute approximate surface area is 332 Å². The molecule has 272 valence electrons. The van der Waals surface area contributed by atoms with Crippen molar-refractivity contribution in [3.8, 4) is 90.5 Å². The number of fused-ring (bicyclic) bond motifs is 6. The lowest BCUT2D eigenvalue weighted by molar-refractivity contribution is 0.473. The van der Waals surface area contributed by atoms with Crippen LogP contribution in [0.15, 0.2) is 152 Å². The molecule has 1 heterocycles. The first-order valence-corrected chi connectivity index (χ1v) is 19.3. The topological polar surface area (TPSA) is 82.7 Å². The molecule has 10 rings (SSSR count). The molecule has 5 nitrogen and oxygen atoms in total. The Morgan fingerprint density at radius 2 is 0.807 bits per heavy atom. The number of phenolic OH excluding ortho intramolecular Hbond substituents is 1. The van der Waals surface area contributed by atoms with E-state index in [1.54, 1.807) is 6.07 Å². The van der Waals surface area contributed by atoms with E-state index in [1.165, 1.54) is 33.4 Å². The number of nitriles is 1. The number of nitrogens with zero attached hydrogens (tertiary/aromatic N) is 4. The maximum atomic E-state index is 10.4. The van der Waals surface area contributed by atoms with Gasteiger partial charge in [0.2, 0.25) is 0 Å². The Bertz CT molecular complexity index is 2920. The second-order valence-corrected chi connectivity index (χ2v) is 16.2. The van der Waals surface area contributed by atoms with Crippen molar-refractivity contribution in [2.24, 2.45) is 0 Å². The molecule has 5 heteroatoms. The van der Waals surface area contributed by atoms with Crippen molar-refractivity contribution in [3.63, 3.8) is 0 Å². The van der Waals surface area contributed by atoms with Crippen LogP contribution in [0, 0.1) is 11.3 Å². The summed E-state index contributed by atoms with van der Waals surface area (Å²) in [6, 6.07) is 54.4. The Balaban J connectivity index is 1.18. The summed E-state index contributed by atoms with van der Waals surface area (Å²) < 4.78 is 0. The van der Waals surface area contributed by atoms with Crippen molar-refractivity contribution in [1.29, 1.82) is 5.26 Å². The zero-order valence-electron chi connectivity index (χ0n) is 32.2. The molecule has 0 saturated carbocycles.